The van der Waals surface area contributed by atoms with Crippen LogP contribution in [0, 0.1) is 6.92 Å². The minimum absolute atomic E-state index is 0.180. The van der Waals surface area contributed by atoms with E-state index < -0.39 is 5.91 Å². The van der Waals surface area contributed by atoms with Crippen LogP contribution in [-0.2, 0) is 6.61 Å². The Labute approximate surface area is 214 Å². The second-order valence-electron chi connectivity index (χ2n) is 7.52. The number of hydrogen-bond acceptors (Lipinski definition) is 5. The number of carbonyl (C=O) groups excluding carboxylic acids is 1. The van der Waals surface area contributed by atoms with E-state index in [-0.39, 0.29) is 5.76 Å². The van der Waals surface area contributed by atoms with Gasteiger partial charge in [-0.3, -0.25) is 4.79 Å². The van der Waals surface area contributed by atoms with Crippen LogP contribution in [0.4, 0.5) is 0 Å². The Morgan fingerprint density at radius 1 is 1.03 bits per heavy atom. The van der Waals surface area contributed by atoms with Crippen LogP contribution < -0.4 is 14.9 Å². The fourth-order valence-electron chi connectivity index (χ4n) is 3.22. The predicted octanol–water partition coefficient (Wildman–Crippen LogP) is 7.01. The first-order chi connectivity index (χ1) is 16.4. The van der Waals surface area contributed by atoms with Crippen molar-refractivity contribution in [2.45, 2.75) is 20.5 Å². The van der Waals surface area contributed by atoms with Crippen molar-refractivity contribution in [3.8, 4) is 11.5 Å². The Morgan fingerprint density at radius 3 is 2.56 bits per heavy atom. The molecule has 174 valence electrons. The van der Waals surface area contributed by atoms with E-state index >= 15 is 0 Å². The zero-order chi connectivity index (χ0) is 24.1. The number of nitrogens with zero attached hydrogens (tertiary/aromatic N) is 1. The molecule has 1 heterocycles. The standard InChI is InChI=1S/C26H22Br2N2O4/c1-3-32-23-12-19(21(28)13-24(23)33-15-17-6-4-16(2)5-7-17)14-29-30-26(31)25-11-18-10-20(27)8-9-22(18)34-25/h4-14H,3,15H2,1-2H3,(H,30,31)/b29-14+. The average molecular weight is 586 g/mol. The summed E-state index contributed by atoms with van der Waals surface area (Å²) in [6.07, 6.45) is 1.54. The van der Waals surface area contributed by atoms with Gasteiger partial charge >= 0.3 is 5.91 Å². The van der Waals surface area contributed by atoms with Crippen LogP contribution in [0.5, 0.6) is 11.5 Å². The number of halogens is 2. The molecule has 0 bridgehead atoms. The molecular weight excluding hydrogens is 564 g/mol. The highest BCUT2D eigenvalue weighted by Crippen LogP contribution is 2.34. The number of ether oxygens (including phenoxy) is 2. The van der Waals surface area contributed by atoms with Crippen molar-refractivity contribution in [1.82, 2.24) is 5.43 Å². The van der Waals surface area contributed by atoms with Gasteiger partial charge in [-0.05, 0) is 71.7 Å². The van der Waals surface area contributed by atoms with Crippen molar-refractivity contribution in [3.05, 3.63) is 92.1 Å². The second-order valence-corrected chi connectivity index (χ2v) is 9.29. The topological polar surface area (TPSA) is 73.1 Å². The molecule has 6 nitrogen and oxygen atoms in total. The van der Waals surface area contributed by atoms with Gasteiger partial charge in [0.05, 0.1) is 12.8 Å². The van der Waals surface area contributed by atoms with E-state index in [1.807, 2.05) is 50.2 Å². The van der Waals surface area contributed by atoms with Gasteiger partial charge in [-0.2, -0.15) is 5.10 Å². The maximum absolute atomic E-state index is 12.5. The zero-order valence-electron chi connectivity index (χ0n) is 18.6. The first-order valence-electron chi connectivity index (χ1n) is 10.6. The highest BCUT2D eigenvalue weighted by Gasteiger charge is 2.13. The molecule has 8 heteroatoms. The van der Waals surface area contributed by atoms with Gasteiger partial charge in [0.1, 0.15) is 12.2 Å². The normalized spacial score (nSPS) is 11.2. The molecule has 0 saturated carbocycles. The number of furan rings is 1. The molecule has 0 radical (unpaired) electrons. The van der Waals surface area contributed by atoms with Gasteiger partial charge in [0.2, 0.25) is 0 Å². The Bertz CT molecular complexity index is 1350. The number of hydrazone groups is 1. The van der Waals surface area contributed by atoms with E-state index in [0.717, 1.165) is 25.5 Å². The average Bonchev–Trinajstić information content (AvgIpc) is 3.24. The number of carbonyl (C=O) groups is 1. The van der Waals surface area contributed by atoms with Gasteiger partial charge in [0, 0.05) is 19.9 Å². The summed E-state index contributed by atoms with van der Waals surface area (Å²) < 4.78 is 19.0. The molecule has 0 unspecified atom stereocenters. The van der Waals surface area contributed by atoms with E-state index in [9.17, 15) is 4.79 Å². The summed E-state index contributed by atoms with van der Waals surface area (Å²) in [6, 6.07) is 19.0. The van der Waals surface area contributed by atoms with Crippen molar-refractivity contribution in [2.75, 3.05) is 6.61 Å². The summed E-state index contributed by atoms with van der Waals surface area (Å²) >= 11 is 6.96. The molecule has 0 spiro atoms. The highest BCUT2D eigenvalue weighted by atomic mass is 79.9. The van der Waals surface area contributed by atoms with Crippen molar-refractivity contribution >= 4 is 55.0 Å². The van der Waals surface area contributed by atoms with Gasteiger partial charge in [0.15, 0.2) is 17.3 Å². The molecule has 1 N–H and O–H groups in total. The lowest BCUT2D eigenvalue weighted by Gasteiger charge is -2.14. The number of nitrogens with one attached hydrogen (secondary N) is 1. The molecule has 1 aromatic heterocycles. The lowest BCUT2D eigenvalue weighted by atomic mass is 10.1. The van der Waals surface area contributed by atoms with E-state index in [4.69, 9.17) is 13.9 Å². The Kier molecular flexibility index (Phi) is 7.70. The molecule has 34 heavy (non-hydrogen) atoms. The summed E-state index contributed by atoms with van der Waals surface area (Å²) in [5.41, 5.74) is 6.11. The molecule has 0 aliphatic rings. The lowest BCUT2D eigenvalue weighted by Crippen LogP contribution is -2.16. The Morgan fingerprint density at radius 2 is 1.79 bits per heavy atom. The lowest BCUT2D eigenvalue weighted by molar-refractivity contribution is 0.0929. The first kappa shape index (κ1) is 24.0. The molecule has 4 aromatic rings. The van der Waals surface area contributed by atoms with Gasteiger partial charge in [0.25, 0.3) is 0 Å². The summed E-state index contributed by atoms with van der Waals surface area (Å²) in [5, 5.41) is 4.91. The van der Waals surface area contributed by atoms with Crippen LogP contribution >= 0.6 is 31.9 Å². The maximum Gasteiger partial charge on any atom is 0.307 e. The van der Waals surface area contributed by atoms with Crippen LogP contribution in [0.25, 0.3) is 11.0 Å². The molecule has 0 fully saturated rings. The van der Waals surface area contributed by atoms with E-state index in [1.54, 1.807) is 12.1 Å². The maximum atomic E-state index is 12.5. The SMILES string of the molecule is CCOc1cc(/C=N/NC(=O)c2cc3cc(Br)ccc3o2)c(Br)cc1OCc1ccc(C)cc1. The van der Waals surface area contributed by atoms with Gasteiger partial charge in [-0.1, -0.05) is 45.8 Å². The van der Waals surface area contributed by atoms with Crippen LogP contribution in [0.1, 0.15) is 34.2 Å². The fourth-order valence-corrected chi connectivity index (χ4v) is 4.02. The Hall–Kier alpha value is -3.10. The quantitative estimate of drug-likeness (QED) is 0.178. The van der Waals surface area contributed by atoms with Gasteiger partial charge in [-0.15, -0.1) is 0 Å². The molecule has 0 aliphatic carbocycles. The van der Waals surface area contributed by atoms with Gasteiger partial charge < -0.3 is 13.9 Å². The number of rotatable bonds is 8. The molecule has 0 atom stereocenters. The van der Waals surface area contributed by atoms with Crippen LogP contribution in [0.2, 0.25) is 0 Å². The Balaban J connectivity index is 1.46. The molecule has 3 aromatic carbocycles. The third-order valence-corrected chi connectivity index (χ3v) is 6.13. The number of benzene rings is 3. The largest absolute Gasteiger partial charge is 0.490 e. The van der Waals surface area contributed by atoms with Crippen molar-refractivity contribution in [3.63, 3.8) is 0 Å². The number of amides is 1. The van der Waals surface area contributed by atoms with E-state index in [2.05, 4.69) is 54.5 Å². The third-order valence-electron chi connectivity index (χ3n) is 4.95. The van der Waals surface area contributed by atoms with Crippen molar-refractivity contribution < 1.29 is 18.7 Å². The monoisotopic (exact) mass is 584 g/mol. The summed E-state index contributed by atoms with van der Waals surface area (Å²) in [7, 11) is 0. The van der Waals surface area contributed by atoms with Crippen LogP contribution in [0.3, 0.4) is 0 Å². The zero-order valence-corrected chi connectivity index (χ0v) is 21.8. The van der Waals surface area contributed by atoms with E-state index in [0.29, 0.717) is 30.3 Å². The number of hydrogen-bond donors (Lipinski definition) is 1. The first-order valence-corrected chi connectivity index (χ1v) is 12.2. The molecule has 4 rings (SSSR count). The van der Waals surface area contributed by atoms with Crippen molar-refractivity contribution in [2.24, 2.45) is 5.10 Å². The number of aryl methyl sites for hydroxylation is 1. The minimum atomic E-state index is -0.442. The molecule has 0 aliphatic heterocycles. The van der Waals surface area contributed by atoms with Crippen LogP contribution in [-0.4, -0.2) is 18.7 Å². The van der Waals surface area contributed by atoms with Crippen LogP contribution in [0.15, 0.2) is 79.1 Å². The minimum Gasteiger partial charge on any atom is -0.490 e. The second kappa shape index (κ2) is 10.9. The number of fused-ring (bicyclic) bond motifs is 1. The summed E-state index contributed by atoms with van der Waals surface area (Å²) in [6.45, 7) is 4.86. The molecule has 0 saturated heterocycles. The highest BCUT2D eigenvalue weighted by molar-refractivity contribution is 9.10. The summed E-state index contributed by atoms with van der Waals surface area (Å²) in [4.78, 5) is 12.5. The van der Waals surface area contributed by atoms with Crippen molar-refractivity contribution in [1.29, 1.82) is 0 Å². The molecular formula is C26H22Br2N2O4. The van der Waals surface area contributed by atoms with E-state index in [1.165, 1.54) is 11.8 Å². The van der Waals surface area contributed by atoms with Gasteiger partial charge in [-0.25, -0.2) is 5.43 Å². The smallest absolute Gasteiger partial charge is 0.307 e. The summed E-state index contributed by atoms with van der Waals surface area (Å²) in [5.74, 6) is 0.944. The third kappa shape index (κ3) is 5.87. The fraction of sp³-hybridized carbons (Fsp3) is 0.154. The predicted molar refractivity (Wildman–Crippen MR) is 140 cm³/mol. The molecule has 1 amide bonds.